The summed E-state index contributed by atoms with van der Waals surface area (Å²) in [5.41, 5.74) is 1.40. The summed E-state index contributed by atoms with van der Waals surface area (Å²) in [6, 6.07) is 11.0. The van der Waals surface area contributed by atoms with Crippen LogP contribution >= 0.6 is 0 Å². The fraction of sp³-hybridized carbons (Fsp3) is 0.750. The van der Waals surface area contributed by atoms with E-state index >= 15 is 0 Å². The van der Waals surface area contributed by atoms with Crippen LogP contribution in [0.4, 0.5) is 0 Å². The molecule has 0 spiro atoms. The summed E-state index contributed by atoms with van der Waals surface area (Å²) < 4.78 is 5.06. The van der Waals surface area contributed by atoms with Crippen LogP contribution in [0.1, 0.15) is 166 Å². The van der Waals surface area contributed by atoms with E-state index < -0.39 is 0 Å². The molecule has 0 N–H and O–H groups in total. The highest BCUT2D eigenvalue weighted by Gasteiger charge is 2.17. The number of rotatable bonds is 26. The van der Waals surface area contributed by atoms with Crippen LogP contribution in [0, 0.1) is 0 Å². The maximum absolute atomic E-state index is 2.56. The number of benzene rings is 1. The topological polar surface area (TPSA) is 8.81 Å². The summed E-state index contributed by atoms with van der Waals surface area (Å²) in [5, 5.41) is 0. The molecule has 2 heteroatoms. The van der Waals surface area contributed by atoms with Gasteiger partial charge in [-0.1, -0.05) is 166 Å². The van der Waals surface area contributed by atoms with Gasteiger partial charge in [0.15, 0.2) is 0 Å². The Morgan fingerprint density at radius 2 is 0.974 bits per heavy atom. The Morgan fingerprint density at radius 3 is 1.47 bits per heavy atom. The number of hydrogen-bond acceptors (Lipinski definition) is 0. The zero-order valence-corrected chi connectivity index (χ0v) is 25.6. The lowest BCUT2D eigenvalue weighted by Gasteiger charge is -2.07. The van der Waals surface area contributed by atoms with Crippen LogP contribution in [-0.4, -0.2) is 4.57 Å². The van der Waals surface area contributed by atoms with Crippen LogP contribution in [0.5, 0.6) is 0 Å². The van der Waals surface area contributed by atoms with Crippen molar-refractivity contribution in [2.24, 2.45) is 0 Å². The van der Waals surface area contributed by atoms with E-state index in [0.29, 0.717) is 0 Å². The molecule has 216 valence electrons. The second kappa shape index (κ2) is 23.3. The van der Waals surface area contributed by atoms with Gasteiger partial charge in [-0.15, -0.1) is 0 Å². The average molecular weight is 524 g/mol. The molecule has 0 saturated heterocycles. The van der Waals surface area contributed by atoms with Crippen LogP contribution in [0.15, 0.2) is 42.7 Å². The second-order valence-electron chi connectivity index (χ2n) is 11.8. The number of hydrogen-bond donors (Lipinski definition) is 0. The highest BCUT2D eigenvalue weighted by Crippen LogP contribution is 2.15. The van der Waals surface area contributed by atoms with Gasteiger partial charge in [0.2, 0.25) is 0 Å². The molecule has 0 amide bonds. The molecule has 1 heterocycles. The largest absolute Gasteiger partial charge is 0.256 e. The zero-order chi connectivity index (χ0) is 26.9. The number of aryl methyl sites for hydroxylation is 1. The summed E-state index contributed by atoms with van der Waals surface area (Å²) >= 11 is 0. The number of unbranched alkanes of at least 4 members (excludes halogenated alkanes) is 20. The van der Waals surface area contributed by atoms with Crippen molar-refractivity contribution in [3.05, 3.63) is 54.1 Å². The Hall–Kier alpha value is -1.57. The molecule has 0 fully saturated rings. The van der Waals surface area contributed by atoms with Gasteiger partial charge in [0.05, 0.1) is 6.54 Å². The van der Waals surface area contributed by atoms with E-state index in [4.69, 9.17) is 0 Å². The summed E-state index contributed by atoms with van der Waals surface area (Å²) in [5.74, 6) is 1.53. The molecule has 38 heavy (non-hydrogen) atoms. The van der Waals surface area contributed by atoms with Crippen LogP contribution in [-0.2, 0) is 19.5 Å². The molecule has 2 rings (SSSR count). The van der Waals surface area contributed by atoms with Crippen molar-refractivity contribution in [2.75, 3.05) is 0 Å². The third-order valence-corrected chi connectivity index (χ3v) is 8.29. The third-order valence-electron chi connectivity index (χ3n) is 8.29. The highest BCUT2D eigenvalue weighted by atomic mass is 15.1. The quantitative estimate of drug-likeness (QED) is 0.0856. The predicted octanol–water partition coefficient (Wildman–Crippen LogP) is 11.0. The Bertz CT molecular complexity index is 763. The smallest absolute Gasteiger partial charge is 0.234 e. The molecule has 1 aromatic carbocycles. The molecule has 1 aromatic heterocycles. The highest BCUT2D eigenvalue weighted by molar-refractivity contribution is 5.15. The molecule has 0 radical (unpaired) electrons. The van der Waals surface area contributed by atoms with Gasteiger partial charge in [0, 0.05) is 6.42 Å². The van der Waals surface area contributed by atoms with Crippen molar-refractivity contribution >= 4 is 0 Å². The van der Waals surface area contributed by atoms with Crippen molar-refractivity contribution < 1.29 is 4.57 Å². The Kier molecular flexibility index (Phi) is 20.0. The Morgan fingerprint density at radius 1 is 0.526 bits per heavy atom. The maximum Gasteiger partial charge on any atom is 0.256 e. The first-order chi connectivity index (χ1) is 18.8. The molecule has 0 aliphatic heterocycles. The van der Waals surface area contributed by atoms with Gasteiger partial charge in [-0.3, -0.25) is 0 Å². The number of aromatic nitrogens is 2. The second-order valence-corrected chi connectivity index (χ2v) is 11.8. The maximum atomic E-state index is 2.56. The van der Waals surface area contributed by atoms with Gasteiger partial charge < -0.3 is 0 Å². The van der Waals surface area contributed by atoms with Gasteiger partial charge in [-0.25, -0.2) is 9.13 Å². The van der Waals surface area contributed by atoms with E-state index in [9.17, 15) is 0 Å². The first-order valence-corrected chi connectivity index (χ1v) is 17.0. The van der Waals surface area contributed by atoms with Crippen LogP contribution in [0.25, 0.3) is 0 Å². The van der Waals surface area contributed by atoms with Gasteiger partial charge in [-0.2, -0.15) is 0 Å². The first-order valence-electron chi connectivity index (χ1n) is 17.0. The van der Waals surface area contributed by atoms with Gasteiger partial charge in [0.25, 0.3) is 5.82 Å². The van der Waals surface area contributed by atoms with E-state index in [1.54, 1.807) is 0 Å². The van der Waals surface area contributed by atoms with Gasteiger partial charge in [-0.05, 0) is 24.8 Å². The molecule has 2 nitrogen and oxygen atoms in total. The van der Waals surface area contributed by atoms with Crippen molar-refractivity contribution in [3.8, 4) is 0 Å². The molecule has 0 aliphatic rings. The zero-order valence-electron chi connectivity index (χ0n) is 25.6. The van der Waals surface area contributed by atoms with Crippen molar-refractivity contribution in [2.45, 2.75) is 175 Å². The Balaban J connectivity index is 1.56. The average Bonchev–Trinajstić information content (AvgIpc) is 3.31. The molecule has 0 aliphatic carbocycles. The molecule has 2 aromatic rings. The molecular formula is C36H63N2+. The molecule has 0 atom stereocenters. The SMILES string of the molecule is CCCCCCCCCCCCCCCCCCCc1n(Cc2ccccc2)cc[n+]1CCCCCCC. The van der Waals surface area contributed by atoms with E-state index in [0.717, 1.165) is 6.54 Å². The standard InChI is InChI=1S/C36H63N2/c1-3-5-7-9-10-11-12-13-14-15-16-17-18-19-20-21-26-30-36-37(31-27-22-8-6-4-2)32-33-38(36)34-35-28-24-23-25-29-35/h23-25,28-29,32-33H,3-22,26-27,30-31,34H2,1-2H3/q+1. The van der Waals surface area contributed by atoms with Crippen LogP contribution in [0.2, 0.25) is 0 Å². The minimum absolute atomic E-state index is 0.998. The van der Waals surface area contributed by atoms with Crippen LogP contribution in [0.3, 0.4) is 0 Å². The van der Waals surface area contributed by atoms with E-state index in [2.05, 4.69) is 65.7 Å². The molecule has 0 unspecified atom stereocenters. The monoisotopic (exact) mass is 523 g/mol. The fourth-order valence-electron chi connectivity index (χ4n) is 5.81. The van der Waals surface area contributed by atoms with Crippen LogP contribution < -0.4 is 4.57 Å². The summed E-state index contributed by atoms with van der Waals surface area (Å²) in [4.78, 5) is 0. The summed E-state index contributed by atoms with van der Waals surface area (Å²) in [6.45, 7) is 6.78. The minimum Gasteiger partial charge on any atom is -0.234 e. The Labute approximate surface area is 237 Å². The van der Waals surface area contributed by atoms with E-state index in [1.165, 1.54) is 166 Å². The van der Waals surface area contributed by atoms with E-state index in [1.807, 2.05) is 0 Å². The number of imidazole rings is 1. The molecule has 0 saturated carbocycles. The third kappa shape index (κ3) is 15.7. The van der Waals surface area contributed by atoms with Gasteiger partial charge in [0.1, 0.15) is 18.9 Å². The molecule has 0 bridgehead atoms. The van der Waals surface area contributed by atoms with Crippen molar-refractivity contribution in [3.63, 3.8) is 0 Å². The lowest BCUT2D eigenvalue weighted by atomic mass is 10.0. The van der Waals surface area contributed by atoms with E-state index in [-0.39, 0.29) is 0 Å². The fourth-order valence-corrected chi connectivity index (χ4v) is 5.81. The molecular weight excluding hydrogens is 460 g/mol. The lowest BCUT2D eigenvalue weighted by molar-refractivity contribution is -0.704. The summed E-state index contributed by atoms with van der Waals surface area (Å²) in [6.07, 6.45) is 37.1. The number of nitrogens with zero attached hydrogens (tertiary/aromatic N) is 2. The lowest BCUT2D eigenvalue weighted by Crippen LogP contribution is -2.37. The normalized spacial score (nSPS) is 11.4. The minimum atomic E-state index is 0.998. The van der Waals surface area contributed by atoms with Crippen molar-refractivity contribution in [1.82, 2.24) is 4.57 Å². The summed E-state index contributed by atoms with van der Waals surface area (Å²) in [7, 11) is 0. The van der Waals surface area contributed by atoms with Crippen molar-refractivity contribution in [1.29, 1.82) is 0 Å². The van der Waals surface area contributed by atoms with Gasteiger partial charge >= 0.3 is 0 Å². The first kappa shape index (κ1) is 32.6. The predicted molar refractivity (Wildman–Crippen MR) is 167 cm³/mol.